The van der Waals surface area contributed by atoms with Gasteiger partial charge in [-0.2, -0.15) is 4.98 Å². The van der Waals surface area contributed by atoms with Crippen LogP contribution in [0.25, 0.3) is 0 Å². The molecule has 1 aromatic heterocycles. The Bertz CT molecular complexity index is 676. The van der Waals surface area contributed by atoms with E-state index in [0.717, 1.165) is 0 Å². The molecule has 0 radical (unpaired) electrons. The minimum Gasteiger partial charge on any atom is -0.391 e. The lowest BCUT2D eigenvalue weighted by atomic mass is 10.1. The maximum Gasteiger partial charge on any atom is 0.227 e. The highest BCUT2D eigenvalue weighted by Gasteiger charge is 2.26. The van der Waals surface area contributed by atoms with Crippen LogP contribution < -0.4 is 10.2 Å². The van der Waals surface area contributed by atoms with Crippen LogP contribution in [0.1, 0.15) is 6.42 Å². The van der Waals surface area contributed by atoms with Crippen LogP contribution in [0.3, 0.4) is 0 Å². The molecule has 1 fully saturated rings. The van der Waals surface area contributed by atoms with Crippen LogP contribution in [0.4, 0.5) is 21.8 Å². The molecule has 2 heterocycles. The number of aliphatic hydroxyl groups is 2. The first kappa shape index (κ1) is 15.9. The van der Waals surface area contributed by atoms with Crippen LogP contribution in [0, 0.1) is 5.82 Å². The second-order valence-electron chi connectivity index (χ2n) is 5.45. The van der Waals surface area contributed by atoms with Gasteiger partial charge in [0.05, 0.1) is 18.4 Å². The molecule has 0 unspecified atom stereocenters. The molecule has 1 aromatic carbocycles. The first-order valence-electron chi connectivity index (χ1n) is 7.17. The Hall–Kier alpha value is -1.96. The van der Waals surface area contributed by atoms with E-state index in [9.17, 15) is 14.6 Å². The molecule has 1 aliphatic heterocycles. The van der Waals surface area contributed by atoms with Crippen LogP contribution >= 0.6 is 11.6 Å². The van der Waals surface area contributed by atoms with Gasteiger partial charge >= 0.3 is 0 Å². The summed E-state index contributed by atoms with van der Waals surface area (Å²) in [5.74, 6) is 0.399. The monoisotopic (exact) mass is 338 g/mol. The van der Waals surface area contributed by atoms with Gasteiger partial charge in [-0.3, -0.25) is 0 Å². The zero-order valence-electron chi connectivity index (χ0n) is 12.2. The van der Waals surface area contributed by atoms with Crippen molar-refractivity contribution in [3.05, 3.63) is 41.3 Å². The van der Waals surface area contributed by atoms with Crippen LogP contribution in [0.5, 0.6) is 0 Å². The summed E-state index contributed by atoms with van der Waals surface area (Å²) < 4.78 is 13.0. The summed E-state index contributed by atoms with van der Waals surface area (Å²) in [4.78, 5) is 10.2. The van der Waals surface area contributed by atoms with Gasteiger partial charge in [-0.05, 0) is 24.3 Å². The third kappa shape index (κ3) is 3.87. The average molecular weight is 339 g/mol. The fourth-order valence-electron chi connectivity index (χ4n) is 2.48. The zero-order valence-corrected chi connectivity index (χ0v) is 12.9. The molecule has 0 saturated carbocycles. The number of hydrogen-bond donors (Lipinski definition) is 3. The van der Waals surface area contributed by atoms with Crippen LogP contribution in [-0.2, 0) is 0 Å². The van der Waals surface area contributed by atoms with Crippen LogP contribution in [0.15, 0.2) is 30.5 Å². The largest absolute Gasteiger partial charge is 0.391 e. The molecule has 1 saturated heterocycles. The summed E-state index contributed by atoms with van der Waals surface area (Å²) >= 11 is 6.09. The number of β-amino-alcohol motifs (C(OH)–C–C–N with tert-alkyl or cyclic N) is 2. The summed E-state index contributed by atoms with van der Waals surface area (Å²) in [5, 5.41) is 22.8. The highest BCUT2D eigenvalue weighted by molar-refractivity contribution is 6.32. The third-order valence-electron chi connectivity index (χ3n) is 3.53. The molecule has 23 heavy (non-hydrogen) atoms. The van der Waals surface area contributed by atoms with Crippen molar-refractivity contribution in [3.63, 3.8) is 0 Å². The fraction of sp³-hybridized carbons (Fsp3) is 0.333. The third-order valence-corrected chi connectivity index (χ3v) is 3.80. The summed E-state index contributed by atoms with van der Waals surface area (Å²) in [6.45, 7) is 0.684. The molecule has 8 heteroatoms. The lowest BCUT2D eigenvalue weighted by Crippen LogP contribution is -2.46. The van der Waals surface area contributed by atoms with E-state index in [1.54, 1.807) is 17.0 Å². The molecule has 3 N–H and O–H groups in total. The molecule has 0 spiro atoms. The highest BCUT2D eigenvalue weighted by atomic mass is 35.5. The number of nitrogens with one attached hydrogen (secondary N) is 1. The number of benzene rings is 1. The Labute approximate surface area is 137 Å². The molecule has 2 atom stereocenters. The second kappa shape index (κ2) is 6.66. The van der Waals surface area contributed by atoms with Gasteiger partial charge in [0.1, 0.15) is 10.8 Å². The number of aromatic nitrogens is 2. The smallest absolute Gasteiger partial charge is 0.227 e. The van der Waals surface area contributed by atoms with Gasteiger partial charge in [0.25, 0.3) is 0 Å². The summed E-state index contributed by atoms with van der Waals surface area (Å²) in [6, 6.07) is 5.80. The quantitative estimate of drug-likeness (QED) is 0.793. The van der Waals surface area contributed by atoms with E-state index >= 15 is 0 Å². The van der Waals surface area contributed by atoms with Crippen molar-refractivity contribution in [2.75, 3.05) is 23.3 Å². The molecule has 0 amide bonds. The van der Waals surface area contributed by atoms with E-state index < -0.39 is 12.2 Å². The number of hydrogen-bond acceptors (Lipinski definition) is 6. The molecule has 1 aliphatic rings. The van der Waals surface area contributed by atoms with E-state index in [1.807, 2.05) is 0 Å². The first-order valence-corrected chi connectivity index (χ1v) is 7.55. The topological polar surface area (TPSA) is 81.5 Å². The molecule has 0 bridgehead atoms. The summed E-state index contributed by atoms with van der Waals surface area (Å²) in [7, 11) is 0. The van der Waals surface area contributed by atoms with Gasteiger partial charge in [0.15, 0.2) is 5.82 Å². The Morgan fingerprint density at radius 2 is 1.83 bits per heavy atom. The van der Waals surface area contributed by atoms with Crippen molar-refractivity contribution < 1.29 is 14.6 Å². The second-order valence-corrected chi connectivity index (χ2v) is 5.85. The number of halogens is 2. The standard InChI is InChI=1S/C15H16ClFN4O2/c16-13-6-18-15(21-7-11(22)5-12(23)8-21)20-14(13)19-10-3-1-9(17)2-4-10/h1-4,6,11-12,22-23H,5,7-8H2,(H,18,19,20)/t11-,12+. The maximum absolute atomic E-state index is 13.0. The van der Waals surface area contributed by atoms with Crippen molar-refractivity contribution in [2.24, 2.45) is 0 Å². The van der Waals surface area contributed by atoms with Gasteiger partial charge in [-0.1, -0.05) is 11.6 Å². The van der Waals surface area contributed by atoms with E-state index in [2.05, 4.69) is 15.3 Å². The van der Waals surface area contributed by atoms with Gasteiger partial charge in [0, 0.05) is 25.2 Å². The minimum atomic E-state index is -0.633. The Morgan fingerprint density at radius 3 is 2.48 bits per heavy atom. The van der Waals surface area contributed by atoms with E-state index in [4.69, 9.17) is 11.6 Å². The van der Waals surface area contributed by atoms with Gasteiger partial charge < -0.3 is 20.4 Å². The lowest BCUT2D eigenvalue weighted by Gasteiger charge is -2.33. The fourth-order valence-corrected chi connectivity index (χ4v) is 2.62. The van der Waals surface area contributed by atoms with Crippen molar-refractivity contribution in [1.29, 1.82) is 0 Å². The molecular weight excluding hydrogens is 323 g/mol. The predicted octanol–water partition coefficient (Wildman–Crippen LogP) is 1.94. The number of aliphatic hydroxyl groups excluding tert-OH is 2. The van der Waals surface area contributed by atoms with Gasteiger partial charge in [0.2, 0.25) is 5.95 Å². The van der Waals surface area contributed by atoms with Crippen molar-refractivity contribution >= 4 is 29.1 Å². The molecule has 0 aliphatic carbocycles. The van der Waals surface area contributed by atoms with Gasteiger partial charge in [-0.15, -0.1) is 0 Å². The maximum atomic E-state index is 13.0. The van der Waals surface area contributed by atoms with Crippen LogP contribution in [0.2, 0.25) is 5.02 Å². The molecule has 2 aromatic rings. The molecule has 6 nitrogen and oxygen atoms in total. The van der Waals surface area contributed by atoms with E-state index in [-0.39, 0.29) is 5.82 Å². The number of piperidine rings is 1. The lowest BCUT2D eigenvalue weighted by molar-refractivity contribution is 0.0645. The number of anilines is 3. The van der Waals surface area contributed by atoms with E-state index in [0.29, 0.717) is 42.0 Å². The molecular formula is C15H16ClFN4O2. The van der Waals surface area contributed by atoms with Crippen molar-refractivity contribution in [2.45, 2.75) is 18.6 Å². The first-order chi connectivity index (χ1) is 11.0. The minimum absolute atomic E-state index is 0.316. The SMILES string of the molecule is O[C@@H]1C[C@H](O)CN(c2ncc(Cl)c(Nc3ccc(F)cc3)n2)C1. The van der Waals surface area contributed by atoms with Crippen LogP contribution in [-0.4, -0.2) is 45.5 Å². The Balaban J connectivity index is 1.82. The Morgan fingerprint density at radius 1 is 1.17 bits per heavy atom. The number of rotatable bonds is 3. The zero-order chi connectivity index (χ0) is 16.4. The molecule has 3 rings (SSSR count). The number of nitrogens with zero attached hydrogens (tertiary/aromatic N) is 3. The molecule has 122 valence electrons. The van der Waals surface area contributed by atoms with Crippen molar-refractivity contribution in [1.82, 2.24) is 9.97 Å². The Kier molecular flexibility index (Phi) is 4.61. The summed E-state index contributed by atoms with van der Waals surface area (Å²) in [5.41, 5.74) is 0.636. The highest BCUT2D eigenvalue weighted by Crippen LogP contribution is 2.26. The van der Waals surface area contributed by atoms with Gasteiger partial charge in [-0.25, -0.2) is 9.37 Å². The van der Waals surface area contributed by atoms with E-state index in [1.165, 1.54) is 18.3 Å². The summed E-state index contributed by atoms with van der Waals surface area (Å²) in [6.07, 6.45) is 0.520. The normalized spacial score (nSPS) is 21.3. The average Bonchev–Trinajstić information content (AvgIpc) is 2.50. The van der Waals surface area contributed by atoms with Crippen molar-refractivity contribution in [3.8, 4) is 0 Å². The predicted molar refractivity (Wildman–Crippen MR) is 85.6 cm³/mol.